The van der Waals surface area contributed by atoms with Gasteiger partial charge in [0.2, 0.25) is 6.79 Å². The van der Waals surface area contributed by atoms with E-state index in [-0.39, 0.29) is 24.4 Å². The van der Waals surface area contributed by atoms with Crippen molar-refractivity contribution in [2.24, 2.45) is 0 Å². The summed E-state index contributed by atoms with van der Waals surface area (Å²) in [7, 11) is 7.30. The molecule has 0 radical (unpaired) electrons. The Morgan fingerprint density at radius 3 is 2.27 bits per heavy atom. The minimum absolute atomic E-state index is 0.0332. The highest BCUT2D eigenvalue weighted by Gasteiger charge is 2.39. The molecule has 0 amide bonds. The molecule has 0 bridgehead atoms. The van der Waals surface area contributed by atoms with Crippen LogP contribution < -0.4 is 29.2 Å². The summed E-state index contributed by atoms with van der Waals surface area (Å²) in [6.45, 7) is 0.202. The Morgan fingerprint density at radius 1 is 0.865 bits per heavy atom. The molecule has 7 nitrogen and oxygen atoms in total. The topological polar surface area (TPSA) is 69.3 Å². The van der Waals surface area contributed by atoms with E-state index in [0.29, 0.717) is 23.7 Å². The van der Waals surface area contributed by atoms with Crippen LogP contribution in [0.3, 0.4) is 0 Å². The Kier molecular flexibility index (Phi) is 5.71. The largest absolute Gasteiger partial charge is 0.493 e. The number of carbonyl (C=O) groups excluding carboxylic acids is 1. The van der Waals surface area contributed by atoms with E-state index in [9.17, 15) is 4.79 Å². The summed E-state index contributed by atoms with van der Waals surface area (Å²) in [5.41, 5.74) is 7.02. The molecule has 2 aliphatic heterocycles. The quantitative estimate of drug-likeness (QED) is 0.501. The lowest BCUT2D eigenvalue weighted by molar-refractivity contribution is -0.116. The molecule has 3 aromatic carbocycles. The summed E-state index contributed by atoms with van der Waals surface area (Å²) >= 11 is 0. The van der Waals surface area contributed by atoms with Crippen LogP contribution in [-0.2, 0) is 4.79 Å². The molecular weight excluding hydrogens is 468 g/mol. The highest BCUT2D eigenvalue weighted by atomic mass is 16.7. The minimum atomic E-state index is -0.184. The second-order valence-electron chi connectivity index (χ2n) is 9.87. The van der Waals surface area contributed by atoms with E-state index < -0.39 is 0 Å². The van der Waals surface area contributed by atoms with Gasteiger partial charge in [-0.05, 0) is 59.4 Å². The lowest BCUT2D eigenvalue weighted by Gasteiger charge is -2.37. The number of allylic oxidation sites excluding steroid dienone is 2. The molecule has 0 fully saturated rings. The number of nitrogens with zero attached hydrogens (tertiary/aromatic N) is 1. The fourth-order valence-electron chi connectivity index (χ4n) is 5.66. The van der Waals surface area contributed by atoms with Crippen LogP contribution in [0.2, 0.25) is 0 Å². The molecule has 1 aliphatic carbocycles. The van der Waals surface area contributed by atoms with E-state index >= 15 is 0 Å². The van der Waals surface area contributed by atoms with Crippen molar-refractivity contribution in [2.75, 3.05) is 45.3 Å². The van der Waals surface area contributed by atoms with Crippen LogP contribution in [0.25, 0.3) is 0 Å². The van der Waals surface area contributed by atoms with Crippen LogP contribution in [0.4, 0.5) is 11.4 Å². The number of anilines is 2. The Labute approximate surface area is 216 Å². The average molecular weight is 499 g/mol. The maximum atomic E-state index is 13.9. The van der Waals surface area contributed by atoms with Gasteiger partial charge in [-0.25, -0.2) is 0 Å². The van der Waals surface area contributed by atoms with Gasteiger partial charge in [0, 0.05) is 55.1 Å². The van der Waals surface area contributed by atoms with Gasteiger partial charge in [-0.1, -0.05) is 18.2 Å². The Morgan fingerprint density at radius 2 is 1.57 bits per heavy atom. The van der Waals surface area contributed by atoms with Crippen LogP contribution in [0.15, 0.2) is 65.9 Å². The van der Waals surface area contributed by atoms with Crippen molar-refractivity contribution in [3.05, 3.63) is 82.6 Å². The van der Waals surface area contributed by atoms with Crippen LogP contribution in [0.5, 0.6) is 23.0 Å². The zero-order valence-electron chi connectivity index (χ0n) is 21.5. The number of ketones is 1. The molecule has 37 heavy (non-hydrogen) atoms. The molecule has 6 rings (SSSR count). The molecule has 0 saturated carbocycles. The summed E-state index contributed by atoms with van der Waals surface area (Å²) in [5, 5.41) is 3.60. The molecule has 0 unspecified atom stereocenters. The molecule has 0 aromatic heterocycles. The van der Waals surface area contributed by atoms with Crippen molar-refractivity contribution in [3.8, 4) is 23.0 Å². The Balaban J connectivity index is 1.44. The maximum absolute atomic E-state index is 13.9. The van der Waals surface area contributed by atoms with E-state index in [1.165, 1.54) is 0 Å². The predicted molar refractivity (Wildman–Crippen MR) is 142 cm³/mol. The summed E-state index contributed by atoms with van der Waals surface area (Å²) in [5.74, 6) is 2.78. The van der Waals surface area contributed by atoms with Crippen molar-refractivity contribution >= 4 is 17.2 Å². The van der Waals surface area contributed by atoms with Crippen LogP contribution in [-0.4, -0.2) is 40.9 Å². The third-order valence-corrected chi connectivity index (χ3v) is 7.56. The van der Waals surface area contributed by atoms with Gasteiger partial charge in [-0.15, -0.1) is 0 Å². The first kappa shape index (κ1) is 23.3. The zero-order valence-corrected chi connectivity index (χ0v) is 21.5. The lowest BCUT2D eigenvalue weighted by Crippen LogP contribution is -2.29. The Hall–Kier alpha value is -4.13. The highest BCUT2D eigenvalue weighted by molar-refractivity contribution is 6.02. The fraction of sp³-hybridized carbons (Fsp3) is 0.300. The number of hydrogen-bond donors (Lipinski definition) is 1. The van der Waals surface area contributed by atoms with Gasteiger partial charge >= 0.3 is 0 Å². The molecule has 2 heterocycles. The predicted octanol–water partition coefficient (Wildman–Crippen LogP) is 5.46. The van der Waals surface area contributed by atoms with Crippen molar-refractivity contribution in [3.63, 3.8) is 0 Å². The van der Waals surface area contributed by atoms with Crippen molar-refractivity contribution in [2.45, 2.75) is 24.7 Å². The molecule has 2 atom stereocenters. The minimum Gasteiger partial charge on any atom is -0.493 e. The van der Waals surface area contributed by atoms with Crippen molar-refractivity contribution in [1.29, 1.82) is 0 Å². The van der Waals surface area contributed by atoms with Gasteiger partial charge in [-0.3, -0.25) is 4.79 Å². The first-order valence-electron chi connectivity index (χ1n) is 12.4. The van der Waals surface area contributed by atoms with Crippen LogP contribution in [0.1, 0.15) is 41.4 Å². The average Bonchev–Trinajstić information content (AvgIpc) is 3.37. The molecule has 3 aliphatic rings. The van der Waals surface area contributed by atoms with Gasteiger partial charge in [0.15, 0.2) is 28.8 Å². The number of methoxy groups -OCH3 is 2. The number of nitrogens with one attached hydrogen (secondary N) is 1. The van der Waals surface area contributed by atoms with E-state index in [0.717, 1.165) is 51.5 Å². The van der Waals surface area contributed by atoms with Gasteiger partial charge < -0.3 is 29.2 Å². The zero-order chi connectivity index (χ0) is 25.7. The number of fused-ring (bicyclic) bond motifs is 2. The van der Waals surface area contributed by atoms with Gasteiger partial charge in [0.05, 0.1) is 14.2 Å². The summed E-state index contributed by atoms with van der Waals surface area (Å²) in [6, 6.07) is 18.4. The van der Waals surface area contributed by atoms with Crippen LogP contribution >= 0.6 is 0 Å². The summed E-state index contributed by atoms with van der Waals surface area (Å²) in [4.78, 5) is 15.9. The van der Waals surface area contributed by atoms with Gasteiger partial charge in [-0.2, -0.15) is 0 Å². The number of hydrogen-bond acceptors (Lipinski definition) is 7. The molecule has 7 heteroatoms. The van der Waals surface area contributed by atoms with Crippen LogP contribution in [0, 0.1) is 0 Å². The number of ether oxygens (including phenoxy) is 4. The molecule has 0 spiro atoms. The van der Waals surface area contributed by atoms with Crippen molar-refractivity contribution in [1.82, 2.24) is 0 Å². The van der Waals surface area contributed by atoms with Gasteiger partial charge in [0.25, 0.3) is 0 Å². The van der Waals surface area contributed by atoms with Crippen molar-refractivity contribution < 1.29 is 23.7 Å². The molecule has 1 N–H and O–H groups in total. The fourth-order valence-corrected chi connectivity index (χ4v) is 5.66. The summed E-state index contributed by atoms with van der Waals surface area (Å²) < 4.78 is 22.3. The van der Waals surface area contributed by atoms with E-state index in [4.69, 9.17) is 18.9 Å². The first-order valence-corrected chi connectivity index (χ1v) is 12.4. The lowest BCUT2D eigenvalue weighted by atomic mass is 9.72. The summed E-state index contributed by atoms with van der Waals surface area (Å²) in [6.07, 6.45) is 1.15. The number of carbonyl (C=O) groups is 1. The number of benzene rings is 3. The standard InChI is InChI=1S/C30H30N2O5/c1-32(2)20-8-5-17(6-9-20)29-21-14-27-28(37-16-36-27)15-22(21)31-23-11-19(12-24(33)30(23)29)18-7-10-25(34-3)26(13-18)35-4/h5-10,13-15,19,29,31H,11-12,16H2,1-4H3/t19-,29-/m1/s1. The first-order chi connectivity index (χ1) is 18.0. The highest BCUT2D eigenvalue weighted by Crippen LogP contribution is 2.51. The number of Topliss-reactive ketones (excluding diaryl/α,β-unsaturated/α-hetero) is 1. The smallest absolute Gasteiger partial charge is 0.231 e. The third kappa shape index (κ3) is 3.95. The SMILES string of the molecule is COc1ccc([C@H]2CC(=O)C3=C(C2)Nc2cc4c(cc2[C@H]3c2ccc(N(C)C)cc2)OCO4)cc1OC. The molecular formula is C30H30N2O5. The van der Waals surface area contributed by atoms with E-state index in [2.05, 4.69) is 34.5 Å². The molecule has 0 saturated heterocycles. The monoisotopic (exact) mass is 498 g/mol. The normalized spacial score (nSPS) is 19.6. The second-order valence-corrected chi connectivity index (χ2v) is 9.87. The Bertz CT molecular complexity index is 1410. The van der Waals surface area contributed by atoms with E-state index in [1.807, 2.05) is 44.4 Å². The van der Waals surface area contributed by atoms with Gasteiger partial charge in [0.1, 0.15) is 0 Å². The van der Waals surface area contributed by atoms with E-state index in [1.54, 1.807) is 14.2 Å². The second kappa shape index (κ2) is 9.07. The third-order valence-electron chi connectivity index (χ3n) is 7.56. The molecule has 3 aromatic rings. The number of rotatable bonds is 5. The maximum Gasteiger partial charge on any atom is 0.231 e. The molecule has 190 valence electrons.